The van der Waals surface area contributed by atoms with E-state index in [9.17, 15) is 4.79 Å². The van der Waals surface area contributed by atoms with Gasteiger partial charge in [-0.15, -0.1) is 0 Å². The van der Waals surface area contributed by atoms with Gasteiger partial charge in [-0.2, -0.15) is 0 Å². The molecule has 2 heterocycles. The van der Waals surface area contributed by atoms with Gasteiger partial charge in [0, 0.05) is 31.0 Å². The van der Waals surface area contributed by atoms with Crippen LogP contribution in [-0.4, -0.2) is 41.7 Å². The van der Waals surface area contributed by atoms with E-state index in [1.807, 2.05) is 11.1 Å². The first-order chi connectivity index (χ1) is 6.90. The molecule has 2 aliphatic heterocycles. The Morgan fingerprint density at radius 2 is 2.29 bits per heavy atom. The number of nitrogens with zero attached hydrogens (tertiary/aromatic N) is 4. The molecule has 0 bridgehead atoms. The van der Waals surface area contributed by atoms with Crippen molar-refractivity contribution in [3.05, 3.63) is 24.4 Å². The molecular weight excluding hydrogens is 180 g/mol. The number of aliphatic imine (C=N–C) groups is 2. The molecule has 2 aliphatic rings. The number of hydrogen-bond donors (Lipinski definition) is 0. The predicted molar refractivity (Wildman–Crippen MR) is 53.7 cm³/mol. The fourth-order valence-electron chi connectivity index (χ4n) is 1.23. The van der Waals surface area contributed by atoms with Crippen LogP contribution in [0.2, 0.25) is 0 Å². The molecule has 0 fully saturated rings. The Morgan fingerprint density at radius 1 is 1.36 bits per heavy atom. The third kappa shape index (κ3) is 1.71. The third-order valence-electron chi connectivity index (χ3n) is 1.94. The summed E-state index contributed by atoms with van der Waals surface area (Å²) < 4.78 is 0. The number of hydrogen-bond acceptors (Lipinski definition) is 4. The van der Waals surface area contributed by atoms with Gasteiger partial charge in [0.25, 0.3) is 0 Å². The van der Waals surface area contributed by atoms with Crippen molar-refractivity contribution in [1.82, 2.24) is 9.80 Å². The summed E-state index contributed by atoms with van der Waals surface area (Å²) >= 11 is 0. The highest BCUT2D eigenvalue weighted by Gasteiger charge is 2.10. The van der Waals surface area contributed by atoms with E-state index >= 15 is 0 Å². The Hall–Kier alpha value is -1.91. The molecule has 5 nitrogen and oxygen atoms in total. The van der Waals surface area contributed by atoms with E-state index in [2.05, 4.69) is 9.98 Å². The molecular formula is C9H10N4O. The second-order valence-corrected chi connectivity index (χ2v) is 2.88. The summed E-state index contributed by atoms with van der Waals surface area (Å²) in [6.45, 7) is 1.23. The minimum atomic E-state index is 0.540. The molecule has 0 spiro atoms. The van der Waals surface area contributed by atoms with E-state index in [4.69, 9.17) is 0 Å². The Balaban J connectivity index is 2.13. The zero-order valence-electron chi connectivity index (χ0n) is 7.58. The molecule has 0 unspecified atom stereocenters. The molecule has 1 amide bonds. The number of carbonyl (C=O) groups is 1. The molecule has 0 aromatic rings. The fraction of sp³-hybridized carbons (Fsp3) is 0.222. The Morgan fingerprint density at radius 3 is 3.00 bits per heavy atom. The summed E-state index contributed by atoms with van der Waals surface area (Å²) in [5, 5.41) is 0. The van der Waals surface area contributed by atoms with Crippen molar-refractivity contribution in [3.8, 4) is 0 Å². The topological polar surface area (TPSA) is 48.3 Å². The number of carbonyl (C=O) groups excluding carboxylic acids is 1. The highest BCUT2D eigenvalue weighted by atomic mass is 16.1. The second kappa shape index (κ2) is 3.87. The van der Waals surface area contributed by atoms with Crippen LogP contribution in [0.1, 0.15) is 0 Å². The van der Waals surface area contributed by atoms with Crippen LogP contribution >= 0.6 is 0 Å². The highest BCUT2D eigenvalue weighted by molar-refractivity contribution is 5.69. The first kappa shape index (κ1) is 8.68. The van der Waals surface area contributed by atoms with Crippen LogP contribution in [0.15, 0.2) is 34.4 Å². The summed E-state index contributed by atoms with van der Waals surface area (Å²) in [5.74, 6) is 0.755. The van der Waals surface area contributed by atoms with E-state index in [1.165, 1.54) is 0 Å². The number of rotatable bonds is 2. The number of amides is 1. The minimum Gasteiger partial charge on any atom is -0.325 e. The van der Waals surface area contributed by atoms with Crippen molar-refractivity contribution >= 4 is 18.8 Å². The largest absolute Gasteiger partial charge is 0.325 e. The second-order valence-electron chi connectivity index (χ2n) is 2.88. The van der Waals surface area contributed by atoms with Crippen LogP contribution in [0.25, 0.3) is 0 Å². The van der Waals surface area contributed by atoms with Gasteiger partial charge in [0.1, 0.15) is 5.82 Å². The monoisotopic (exact) mass is 190 g/mol. The summed E-state index contributed by atoms with van der Waals surface area (Å²) in [6, 6.07) is 0. The third-order valence-corrected chi connectivity index (χ3v) is 1.94. The molecule has 0 aromatic heterocycles. The summed E-state index contributed by atoms with van der Waals surface area (Å²) in [7, 11) is 0. The van der Waals surface area contributed by atoms with Gasteiger partial charge >= 0.3 is 0 Å². The molecule has 14 heavy (non-hydrogen) atoms. The molecule has 0 aliphatic carbocycles. The van der Waals surface area contributed by atoms with Gasteiger partial charge in [0.15, 0.2) is 0 Å². The van der Waals surface area contributed by atoms with Gasteiger partial charge in [-0.25, -0.2) is 4.99 Å². The van der Waals surface area contributed by atoms with E-state index in [1.54, 1.807) is 29.7 Å². The highest BCUT2D eigenvalue weighted by Crippen LogP contribution is 2.11. The molecule has 72 valence electrons. The molecule has 2 rings (SSSR count). The summed E-state index contributed by atoms with van der Waals surface area (Å²) in [5.41, 5.74) is 0. The van der Waals surface area contributed by atoms with Crippen LogP contribution in [0.5, 0.6) is 0 Å². The van der Waals surface area contributed by atoms with Crippen LogP contribution < -0.4 is 0 Å². The lowest BCUT2D eigenvalue weighted by Gasteiger charge is -2.24. The first-order valence-corrected chi connectivity index (χ1v) is 4.30. The van der Waals surface area contributed by atoms with Crippen molar-refractivity contribution in [2.24, 2.45) is 9.98 Å². The lowest BCUT2D eigenvalue weighted by Crippen LogP contribution is -2.27. The first-order valence-electron chi connectivity index (χ1n) is 4.30. The van der Waals surface area contributed by atoms with Crippen LogP contribution in [-0.2, 0) is 4.79 Å². The van der Waals surface area contributed by atoms with Crippen molar-refractivity contribution in [3.63, 3.8) is 0 Å². The molecule has 5 heteroatoms. The minimum absolute atomic E-state index is 0.540. The average molecular weight is 190 g/mol. The van der Waals surface area contributed by atoms with E-state index < -0.39 is 0 Å². The zero-order chi connectivity index (χ0) is 9.80. The Labute approximate surface area is 81.7 Å². The van der Waals surface area contributed by atoms with Crippen molar-refractivity contribution < 1.29 is 4.79 Å². The Bertz CT molecular complexity index is 343. The maximum Gasteiger partial charge on any atom is 0.214 e. The van der Waals surface area contributed by atoms with E-state index in [0.29, 0.717) is 13.1 Å². The predicted octanol–water partition coefficient (Wildman–Crippen LogP) is 0.186. The van der Waals surface area contributed by atoms with Crippen molar-refractivity contribution in [2.45, 2.75) is 0 Å². The SMILES string of the molecule is O=CN1C=C(N2C=CN=CC2)N=CC1. The van der Waals surface area contributed by atoms with Crippen molar-refractivity contribution in [2.75, 3.05) is 13.1 Å². The molecule has 0 radical (unpaired) electrons. The van der Waals surface area contributed by atoms with Gasteiger partial charge < -0.3 is 9.80 Å². The molecule has 0 atom stereocenters. The standard InChI is InChI=1S/C9H10N4O/c14-8-12-4-3-11-9(7-12)13-5-1-10-2-6-13/h1-3,5,7-8H,4,6H2. The van der Waals surface area contributed by atoms with Crippen molar-refractivity contribution in [1.29, 1.82) is 0 Å². The maximum atomic E-state index is 10.5. The van der Waals surface area contributed by atoms with Crippen LogP contribution in [0.3, 0.4) is 0 Å². The summed E-state index contributed by atoms with van der Waals surface area (Å²) in [6.07, 6.45) is 9.53. The fourth-order valence-corrected chi connectivity index (χ4v) is 1.23. The van der Waals surface area contributed by atoms with Gasteiger partial charge in [0.2, 0.25) is 6.41 Å². The molecule has 0 saturated heterocycles. The van der Waals surface area contributed by atoms with Gasteiger partial charge in [-0.3, -0.25) is 9.79 Å². The molecule has 0 aromatic carbocycles. The lowest BCUT2D eigenvalue weighted by atomic mass is 10.4. The normalized spacial score (nSPS) is 19.9. The van der Waals surface area contributed by atoms with Crippen LogP contribution in [0, 0.1) is 0 Å². The smallest absolute Gasteiger partial charge is 0.214 e. The van der Waals surface area contributed by atoms with Gasteiger partial charge in [-0.1, -0.05) is 0 Å². The average Bonchev–Trinajstić information content (AvgIpc) is 2.30. The molecule has 0 N–H and O–H groups in total. The van der Waals surface area contributed by atoms with Gasteiger partial charge in [0.05, 0.1) is 13.1 Å². The van der Waals surface area contributed by atoms with E-state index in [0.717, 1.165) is 12.2 Å². The lowest BCUT2D eigenvalue weighted by molar-refractivity contribution is -0.115. The summed E-state index contributed by atoms with van der Waals surface area (Å²) in [4.78, 5) is 22.2. The van der Waals surface area contributed by atoms with Crippen LogP contribution in [0.4, 0.5) is 0 Å². The zero-order valence-corrected chi connectivity index (χ0v) is 7.58. The Kier molecular flexibility index (Phi) is 2.40. The maximum absolute atomic E-state index is 10.5. The van der Waals surface area contributed by atoms with E-state index in [-0.39, 0.29) is 0 Å². The van der Waals surface area contributed by atoms with Gasteiger partial charge in [-0.05, 0) is 0 Å². The quantitative estimate of drug-likeness (QED) is 0.583. The molecule has 0 saturated carbocycles.